The van der Waals surface area contributed by atoms with E-state index in [4.69, 9.17) is 25.4 Å². The third-order valence-corrected chi connectivity index (χ3v) is 4.70. The highest BCUT2D eigenvalue weighted by molar-refractivity contribution is 5.95. The molecule has 35 heavy (non-hydrogen) atoms. The van der Waals surface area contributed by atoms with Crippen LogP contribution in [0.15, 0.2) is 42.5 Å². The number of amidine groups is 1. The number of ether oxygens (including phenoxy) is 4. The second kappa shape index (κ2) is 14.2. The normalized spacial score (nSPS) is 10.2. The van der Waals surface area contributed by atoms with Crippen molar-refractivity contribution >= 4 is 29.3 Å². The molecule has 188 valence electrons. The Hall–Kier alpha value is -4.12. The van der Waals surface area contributed by atoms with Gasteiger partial charge in [0.1, 0.15) is 17.3 Å². The lowest BCUT2D eigenvalue weighted by molar-refractivity contribution is -0.143. The van der Waals surface area contributed by atoms with Gasteiger partial charge in [-0.15, -0.1) is 0 Å². The maximum absolute atomic E-state index is 12.4. The van der Waals surface area contributed by atoms with Crippen LogP contribution in [0.5, 0.6) is 11.5 Å². The van der Waals surface area contributed by atoms with Gasteiger partial charge in [0.05, 0.1) is 13.7 Å². The van der Waals surface area contributed by atoms with Crippen LogP contribution in [0, 0.1) is 5.41 Å². The maximum Gasteiger partial charge on any atom is 0.343 e. The molecule has 2 rings (SSSR count). The van der Waals surface area contributed by atoms with Crippen LogP contribution in [-0.2, 0) is 30.3 Å². The Morgan fingerprint density at radius 2 is 1.71 bits per heavy atom. The second-order valence-electron chi connectivity index (χ2n) is 7.30. The molecule has 11 nitrogen and oxygen atoms in total. The largest absolute Gasteiger partial charge is 0.484 e. The lowest BCUT2D eigenvalue weighted by atomic mass is 10.1. The van der Waals surface area contributed by atoms with Gasteiger partial charge in [-0.05, 0) is 54.4 Å². The SMILES string of the molecule is COCCNC(=O)CCc1cc(NC(=O)COc2ccc(C(=N)N)cc2)ccc1OCC(=O)OC. The fraction of sp³-hybridized carbons (Fsp3) is 0.333. The van der Waals surface area contributed by atoms with E-state index in [0.29, 0.717) is 47.9 Å². The lowest BCUT2D eigenvalue weighted by Crippen LogP contribution is -2.27. The van der Waals surface area contributed by atoms with Gasteiger partial charge in [-0.2, -0.15) is 0 Å². The Morgan fingerprint density at radius 3 is 2.37 bits per heavy atom. The van der Waals surface area contributed by atoms with Crippen molar-refractivity contribution in [2.75, 3.05) is 45.9 Å². The maximum atomic E-state index is 12.4. The van der Waals surface area contributed by atoms with Gasteiger partial charge < -0.3 is 35.3 Å². The summed E-state index contributed by atoms with van der Waals surface area (Å²) in [4.78, 5) is 35.9. The minimum absolute atomic E-state index is 0.0587. The minimum Gasteiger partial charge on any atom is -0.484 e. The molecule has 0 saturated heterocycles. The predicted molar refractivity (Wildman–Crippen MR) is 129 cm³/mol. The van der Waals surface area contributed by atoms with Gasteiger partial charge >= 0.3 is 5.97 Å². The van der Waals surface area contributed by atoms with Crippen LogP contribution in [0.4, 0.5) is 5.69 Å². The average molecular weight is 487 g/mol. The van der Waals surface area contributed by atoms with Crippen LogP contribution in [0.3, 0.4) is 0 Å². The number of nitrogens with one attached hydrogen (secondary N) is 3. The van der Waals surface area contributed by atoms with Crippen molar-refractivity contribution < 1.29 is 33.3 Å². The summed E-state index contributed by atoms with van der Waals surface area (Å²) >= 11 is 0. The molecule has 0 aliphatic heterocycles. The Kier molecular flexibility index (Phi) is 11.0. The van der Waals surface area contributed by atoms with Crippen LogP contribution in [0.25, 0.3) is 0 Å². The number of anilines is 1. The van der Waals surface area contributed by atoms with Crippen LogP contribution in [0.2, 0.25) is 0 Å². The number of aryl methyl sites for hydroxylation is 1. The molecule has 0 atom stereocenters. The fourth-order valence-corrected chi connectivity index (χ4v) is 2.89. The number of hydrogen-bond acceptors (Lipinski definition) is 8. The van der Waals surface area contributed by atoms with Gasteiger partial charge in [0.2, 0.25) is 5.91 Å². The van der Waals surface area contributed by atoms with E-state index in [0.717, 1.165) is 0 Å². The Bertz CT molecular complexity index is 1030. The smallest absolute Gasteiger partial charge is 0.343 e. The van der Waals surface area contributed by atoms with Crippen molar-refractivity contribution in [2.45, 2.75) is 12.8 Å². The predicted octanol–water partition coefficient (Wildman–Crippen LogP) is 1.24. The van der Waals surface area contributed by atoms with Crippen LogP contribution in [-0.4, -0.2) is 64.2 Å². The number of carbonyl (C=O) groups is 3. The Morgan fingerprint density at radius 1 is 0.971 bits per heavy atom. The van der Waals surface area contributed by atoms with Crippen molar-refractivity contribution in [3.63, 3.8) is 0 Å². The topological polar surface area (TPSA) is 162 Å². The molecule has 0 unspecified atom stereocenters. The van der Waals surface area contributed by atoms with Gasteiger partial charge in [-0.1, -0.05) is 0 Å². The average Bonchev–Trinajstić information content (AvgIpc) is 2.85. The van der Waals surface area contributed by atoms with Crippen LogP contribution >= 0.6 is 0 Å². The highest BCUT2D eigenvalue weighted by Crippen LogP contribution is 2.25. The summed E-state index contributed by atoms with van der Waals surface area (Å²) in [7, 11) is 2.81. The number of nitrogen functional groups attached to an aromatic ring is 1. The number of esters is 1. The molecule has 2 amide bonds. The third kappa shape index (κ3) is 9.72. The minimum atomic E-state index is -0.542. The van der Waals surface area contributed by atoms with Crippen LogP contribution in [0.1, 0.15) is 17.5 Å². The van der Waals surface area contributed by atoms with Crippen molar-refractivity contribution in [1.82, 2.24) is 5.32 Å². The Balaban J connectivity index is 2.00. The van der Waals surface area contributed by atoms with Crippen molar-refractivity contribution in [2.24, 2.45) is 5.73 Å². The second-order valence-corrected chi connectivity index (χ2v) is 7.30. The lowest BCUT2D eigenvalue weighted by Gasteiger charge is -2.14. The summed E-state index contributed by atoms with van der Waals surface area (Å²) in [5, 5.41) is 12.9. The number of amides is 2. The molecule has 0 fully saturated rings. The molecule has 0 aliphatic carbocycles. The molecule has 0 bridgehead atoms. The first-order valence-corrected chi connectivity index (χ1v) is 10.8. The molecule has 11 heteroatoms. The van der Waals surface area contributed by atoms with Crippen molar-refractivity contribution in [1.29, 1.82) is 5.41 Å². The van der Waals surface area contributed by atoms with Gasteiger partial charge in [0.15, 0.2) is 13.2 Å². The summed E-state index contributed by atoms with van der Waals surface area (Å²) in [6.07, 6.45) is 0.493. The van der Waals surface area contributed by atoms with E-state index >= 15 is 0 Å². The van der Waals surface area contributed by atoms with Crippen molar-refractivity contribution in [3.05, 3.63) is 53.6 Å². The molecule has 2 aromatic carbocycles. The van der Waals surface area contributed by atoms with Gasteiger partial charge in [-0.3, -0.25) is 15.0 Å². The van der Waals surface area contributed by atoms with Crippen molar-refractivity contribution in [3.8, 4) is 11.5 Å². The zero-order valence-electron chi connectivity index (χ0n) is 19.7. The highest BCUT2D eigenvalue weighted by atomic mass is 16.6. The number of methoxy groups -OCH3 is 2. The highest BCUT2D eigenvalue weighted by Gasteiger charge is 2.12. The number of nitrogens with two attached hydrogens (primary N) is 1. The molecule has 2 aromatic rings. The van der Waals surface area contributed by atoms with E-state index in [2.05, 4.69) is 15.4 Å². The summed E-state index contributed by atoms with van der Waals surface area (Å²) < 4.78 is 20.5. The first-order valence-electron chi connectivity index (χ1n) is 10.8. The summed E-state index contributed by atoms with van der Waals surface area (Å²) in [5.74, 6) is -0.306. The fourth-order valence-electron chi connectivity index (χ4n) is 2.89. The third-order valence-electron chi connectivity index (χ3n) is 4.70. The van der Waals surface area contributed by atoms with Gasteiger partial charge in [-0.25, -0.2) is 4.79 Å². The van der Waals surface area contributed by atoms with Crippen LogP contribution < -0.4 is 25.8 Å². The van der Waals surface area contributed by atoms with E-state index in [9.17, 15) is 14.4 Å². The molecule has 0 aliphatic rings. The first kappa shape index (κ1) is 27.1. The molecule has 0 radical (unpaired) electrons. The summed E-state index contributed by atoms with van der Waals surface area (Å²) in [6.45, 7) is 0.279. The Labute approximate surface area is 203 Å². The molecule has 0 saturated carbocycles. The van der Waals surface area contributed by atoms with Gasteiger partial charge in [0.25, 0.3) is 5.91 Å². The van der Waals surface area contributed by atoms with E-state index in [-0.39, 0.29) is 31.4 Å². The summed E-state index contributed by atoms with van der Waals surface area (Å²) in [5.41, 5.74) is 7.08. The molecule has 0 heterocycles. The molecular weight excluding hydrogens is 456 g/mol. The monoisotopic (exact) mass is 486 g/mol. The first-order chi connectivity index (χ1) is 16.8. The number of hydrogen-bond donors (Lipinski definition) is 4. The number of carbonyl (C=O) groups excluding carboxylic acids is 3. The van der Waals surface area contributed by atoms with E-state index in [1.807, 2.05) is 0 Å². The molecular formula is C24H30N4O7. The molecule has 0 spiro atoms. The zero-order chi connectivity index (χ0) is 25.6. The standard InChI is InChI=1S/C24H30N4O7/c1-32-12-11-27-21(29)10-5-17-13-18(6-9-20(17)35-15-23(31)33-2)28-22(30)14-34-19-7-3-16(4-8-19)24(25)26/h3-4,6-9,13H,5,10-12,14-15H2,1-2H3,(H3,25,26)(H,27,29)(H,28,30). The number of rotatable bonds is 14. The zero-order valence-corrected chi connectivity index (χ0v) is 19.7. The van der Waals surface area contributed by atoms with E-state index in [1.165, 1.54) is 7.11 Å². The number of benzene rings is 2. The van der Waals surface area contributed by atoms with E-state index < -0.39 is 11.9 Å². The quantitative estimate of drug-likeness (QED) is 0.134. The summed E-state index contributed by atoms with van der Waals surface area (Å²) in [6, 6.07) is 11.4. The molecule has 0 aromatic heterocycles. The van der Waals surface area contributed by atoms with Gasteiger partial charge in [0, 0.05) is 31.3 Å². The molecule has 5 N–H and O–H groups in total. The van der Waals surface area contributed by atoms with E-state index in [1.54, 1.807) is 49.6 Å².